The number of rotatable bonds is 3. The van der Waals surface area contributed by atoms with Crippen LogP contribution in [0.15, 0.2) is 21.6 Å². The number of carbonyl (C=O) groups excluding carboxylic acids is 1. The molecule has 7 heteroatoms. The maximum absolute atomic E-state index is 12.1. The van der Waals surface area contributed by atoms with Crippen molar-refractivity contribution < 1.29 is 9.90 Å². The number of aromatic carboxylic acids is 1. The molecule has 3 rings (SSSR count). The minimum absolute atomic E-state index is 0.0435. The third-order valence-corrected chi connectivity index (χ3v) is 4.85. The van der Waals surface area contributed by atoms with Crippen LogP contribution in [0.1, 0.15) is 26.6 Å². The van der Waals surface area contributed by atoms with Crippen LogP contribution in [0.4, 0.5) is 0 Å². The van der Waals surface area contributed by atoms with Gasteiger partial charge < -0.3 is 14.9 Å². The molecule has 3 aromatic rings. The standard InChI is InChI=1S/C14H10N2O3S2/c1-7-10-12(17)15-9(3-2-8-4-5-20-6-8)16-13(10)21-11(7)14(18)19/h2-6H,1H3,(H,18,19)(H,15,16,17)/p-1/b3-2+. The van der Waals surface area contributed by atoms with Gasteiger partial charge in [-0.3, -0.25) is 4.79 Å². The van der Waals surface area contributed by atoms with Gasteiger partial charge in [0.05, 0.1) is 16.2 Å². The fourth-order valence-corrected chi connectivity index (χ4v) is 3.63. The van der Waals surface area contributed by atoms with Crippen LogP contribution < -0.4 is 10.7 Å². The minimum Gasteiger partial charge on any atom is -0.544 e. The molecule has 0 bridgehead atoms. The molecule has 1 N–H and O–H groups in total. The summed E-state index contributed by atoms with van der Waals surface area (Å²) in [5.41, 5.74) is 1.07. The fraction of sp³-hybridized carbons (Fsp3) is 0.0714. The monoisotopic (exact) mass is 317 g/mol. The van der Waals surface area contributed by atoms with Crippen molar-refractivity contribution in [2.75, 3.05) is 0 Å². The second-order valence-electron chi connectivity index (χ2n) is 4.36. The lowest BCUT2D eigenvalue weighted by atomic mass is 10.2. The van der Waals surface area contributed by atoms with Crippen molar-refractivity contribution in [2.45, 2.75) is 6.92 Å². The first-order valence-electron chi connectivity index (χ1n) is 6.01. The molecule has 0 fully saturated rings. The van der Waals surface area contributed by atoms with Crippen LogP contribution >= 0.6 is 22.7 Å². The van der Waals surface area contributed by atoms with Gasteiger partial charge in [-0.15, -0.1) is 11.3 Å². The highest BCUT2D eigenvalue weighted by atomic mass is 32.1. The Morgan fingerprint density at radius 1 is 1.43 bits per heavy atom. The van der Waals surface area contributed by atoms with Crippen molar-refractivity contribution in [3.8, 4) is 0 Å². The maximum atomic E-state index is 12.1. The van der Waals surface area contributed by atoms with E-state index in [0.29, 0.717) is 21.6 Å². The zero-order valence-electron chi connectivity index (χ0n) is 10.9. The molecule has 0 aromatic carbocycles. The summed E-state index contributed by atoms with van der Waals surface area (Å²) in [4.78, 5) is 30.5. The van der Waals surface area contributed by atoms with Gasteiger partial charge in [-0.05, 0) is 41.0 Å². The highest BCUT2D eigenvalue weighted by Gasteiger charge is 2.14. The van der Waals surface area contributed by atoms with Crippen LogP contribution in [0.25, 0.3) is 22.4 Å². The van der Waals surface area contributed by atoms with Crippen LogP contribution in [0, 0.1) is 6.92 Å². The highest BCUT2D eigenvalue weighted by Crippen LogP contribution is 2.26. The number of aromatic nitrogens is 2. The van der Waals surface area contributed by atoms with Gasteiger partial charge in [0.2, 0.25) is 0 Å². The number of nitrogens with one attached hydrogen (secondary N) is 1. The second-order valence-corrected chi connectivity index (χ2v) is 6.14. The molecule has 0 aliphatic carbocycles. The summed E-state index contributed by atoms with van der Waals surface area (Å²) >= 11 is 2.53. The number of thiophene rings is 2. The molecule has 3 heterocycles. The van der Waals surface area contributed by atoms with Gasteiger partial charge in [0.15, 0.2) is 0 Å². The normalized spacial score (nSPS) is 11.5. The van der Waals surface area contributed by atoms with E-state index in [1.54, 1.807) is 24.3 Å². The van der Waals surface area contributed by atoms with E-state index in [1.165, 1.54) is 0 Å². The lowest BCUT2D eigenvalue weighted by Crippen LogP contribution is -2.21. The first-order valence-corrected chi connectivity index (χ1v) is 7.77. The molecule has 5 nitrogen and oxygen atoms in total. The summed E-state index contributed by atoms with van der Waals surface area (Å²) in [6, 6.07) is 1.95. The van der Waals surface area contributed by atoms with Gasteiger partial charge in [-0.2, -0.15) is 11.3 Å². The molecule has 0 spiro atoms. The molecule has 0 saturated carbocycles. The van der Waals surface area contributed by atoms with E-state index in [4.69, 9.17) is 0 Å². The molecule has 21 heavy (non-hydrogen) atoms. The summed E-state index contributed by atoms with van der Waals surface area (Å²) in [6.45, 7) is 1.59. The second kappa shape index (κ2) is 5.27. The van der Waals surface area contributed by atoms with Crippen LogP contribution in [-0.2, 0) is 0 Å². The summed E-state index contributed by atoms with van der Waals surface area (Å²) in [5, 5.41) is 15.2. The summed E-state index contributed by atoms with van der Waals surface area (Å²) < 4.78 is 0. The van der Waals surface area contributed by atoms with E-state index in [1.807, 2.05) is 22.9 Å². The smallest absolute Gasteiger partial charge is 0.260 e. The third kappa shape index (κ3) is 2.53. The highest BCUT2D eigenvalue weighted by molar-refractivity contribution is 7.20. The van der Waals surface area contributed by atoms with Crippen molar-refractivity contribution in [3.05, 3.63) is 49.0 Å². The van der Waals surface area contributed by atoms with E-state index in [0.717, 1.165) is 16.9 Å². The average molecular weight is 317 g/mol. The lowest BCUT2D eigenvalue weighted by Gasteiger charge is -1.97. The zero-order valence-corrected chi connectivity index (χ0v) is 12.5. The van der Waals surface area contributed by atoms with Crippen molar-refractivity contribution in [1.29, 1.82) is 0 Å². The molecule has 0 aliphatic heterocycles. The van der Waals surface area contributed by atoms with Crippen LogP contribution in [-0.4, -0.2) is 15.9 Å². The van der Waals surface area contributed by atoms with Gasteiger partial charge in [-0.1, -0.05) is 6.08 Å². The maximum Gasteiger partial charge on any atom is 0.260 e. The zero-order chi connectivity index (χ0) is 15.0. The molecule has 0 unspecified atom stereocenters. The Bertz CT molecular complexity index is 904. The van der Waals surface area contributed by atoms with Gasteiger partial charge in [0.1, 0.15) is 10.7 Å². The Hall–Kier alpha value is -2.25. The summed E-state index contributed by atoms with van der Waals surface area (Å²) in [7, 11) is 0. The van der Waals surface area contributed by atoms with Crippen molar-refractivity contribution in [3.63, 3.8) is 0 Å². The molecule has 0 aliphatic rings. The number of carboxylic acids is 1. The van der Waals surface area contributed by atoms with E-state index in [2.05, 4.69) is 9.97 Å². The van der Waals surface area contributed by atoms with E-state index < -0.39 is 5.97 Å². The summed E-state index contributed by atoms with van der Waals surface area (Å²) in [6.07, 6.45) is 3.53. The Morgan fingerprint density at radius 3 is 2.90 bits per heavy atom. The Balaban J connectivity index is 2.11. The predicted octanol–water partition coefficient (Wildman–Crippen LogP) is 1.89. The molecule has 106 valence electrons. The van der Waals surface area contributed by atoms with Gasteiger partial charge in [0.25, 0.3) is 5.56 Å². The Labute approximate surface area is 127 Å². The first kappa shape index (κ1) is 13.7. The number of fused-ring (bicyclic) bond motifs is 1. The number of nitrogens with zero attached hydrogens (tertiary/aromatic N) is 1. The molecule has 0 saturated heterocycles. The average Bonchev–Trinajstić information content (AvgIpc) is 3.04. The van der Waals surface area contributed by atoms with Crippen molar-refractivity contribution >= 4 is 51.0 Å². The predicted molar refractivity (Wildman–Crippen MR) is 82.6 cm³/mol. The van der Waals surface area contributed by atoms with E-state index in [9.17, 15) is 14.7 Å². The molecule has 0 atom stereocenters. The Morgan fingerprint density at radius 2 is 2.24 bits per heavy atom. The number of hydrogen-bond donors (Lipinski definition) is 1. The molecular weight excluding hydrogens is 308 g/mol. The quantitative estimate of drug-likeness (QED) is 0.799. The third-order valence-electron chi connectivity index (χ3n) is 2.98. The fourth-order valence-electron chi connectivity index (χ4n) is 1.98. The molecular formula is C14H9N2O3S2-. The van der Waals surface area contributed by atoms with Gasteiger partial charge in [-0.25, -0.2) is 4.98 Å². The van der Waals surface area contributed by atoms with E-state index in [-0.39, 0.29) is 10.4 Å². The lowest BCUT2D eigenvalue weighted by molar-refractivity contribution is -0.254. The number of aromatic amines is 1. The van der Waals surface area contributed by atoms with Crippen LogP contribution in [0.3, 0.4) is 0 Å². The molecule has 0 amide bonds. The number of hydrogen-bond acceptors (Lipinski definition) is 6. The van der Waals surface area contributed by atoms with Gasteiger partial charge in [0, 0.05) is 0 Å². The van der Waals surface area contributed by atoms with Crippen molar-refractivity contribution in [1.82, 2.24) is 9.97 Å². The SMILES string of the molecule is Cc1c(C(=O)[O-])sc2nc(/C=C/c3ccsc3)[nH]c(=O)c12. The first-order chi connectivity index (χ1) is 10.1. The largest absolute Gasteiger partial charge is 0.544 e. The number of carboxylic acid groups (broad SMARTS) is 1. The summed E-state index contributed by atoms with van der Waals surface area (Å²) in [5.74, 6) is -0.893. The number of H-pyrrole nitrogens is 1. The number of carbonyl (C=O) groups is 1. The number of aryl methyl sites for hydroxylation is 1. The minimum atomic E-state index is -1.29. The van der Waals surface area contributed by atoms with Gasteiger partial charge >= 0.3 is 0 Å². The topological polar surface area (TPSA) is 85.9 Å². The molecule has 0 radical (unpaired) electrons. The van der Waals surface area contributed by atoms with E-state index >= 15 is 0 Å². The van der Waals surface area contributed by atoms with Crippen LogP contribution in [0.5, 0.6) is 0 Å². The van der Waals surface area contributed by atoms with Crippen molar-refractivity contribution in [2.24, 2.45) is 0 Å². The van der Waals surface area contributed by atoms with Crippen LogP contribution in [0.2, 0.25) is 0 Å². The molecule has 3 aromatic heterocycles. The Kier molecular flexibility index (Phi) is 3.44.